The van der Waals surface area contributed by atoms with Crippen LogP contribution in [0.25, 0.3) is 0 Å². The maximum Gasteiger partial charge on any atom is 0.123 e. The molecule has 2 rings (SSSR count). The molecule has 2 nitrogen and oxygen atoms in total. The molecule has 1 unspecified atom stereocenters. The van der Waals surface area contributed by atoms with Gasteiger partial charge in [-0.05, 0) is 58.1 Å². The van der Waals surface area contributed by atoms with Gasteiger partial charge in [-0.15, -0.1) is 0 Å². The second-order valence-corrected chi connectivity index (χ2v) is 5.23. The summed E-state index contributed by atoms with van der Waals surface area (Å²) >= 11 is 3.38. The van der Waals surface area contributed by atoms with Crippen LogP contribution in [0.3, 0.4) is 0 Å². The van der Waals surface area contributed by atoms with E-state index in [0.717, 1.165) is 22.0 Å². The molecule has 1 aromatic carbocycles. The Morgan fingerprint density at radius 2 is 1.94 bits per heavy atom. The highest BCUT2D eigenvalue weighted by Gasteiger charge is 2.07. The van der Waals surface area contributed by atoms with Crippen LogP contribution in [0.4, 0.5) is 4.39 Å². The molecule has 2 aromatic rings. The second kappa shape index (κ2) is 6.07. The maximum absolute atomic E-state index is 13.0. The highest BCUT2D eigenvalue weighted by Crippen LogP contribution is 2.13. The van der Waals surface area contributed by atoms with E-state index in [0.29, 0.717) is 6.42 Å². The zero-order valence-corrected chi connectivity index (χ0v) is 11.4. The molecule has 0 spiro atoms. The summed E-state index contributed by atoms with van der Waals surface area (Å²) in [7, 11) is 0. The lowest BCUT2D eigenvalue weighted by atomic mass is 10.0. The van der Waals surface area contributed by atoms with Crippen molar-refractivity contribution in [3.63, 3.8) is 0 Å². The lowest BCUT2D eigenvalue weighted by molar-refractivity contribution is 0.618. The number of nitrogens with zero attached hydrogens (tertiary/aromatic N) is 1. The number of hydrogen-bond acceptors (Lipinski definition) is 2. The third kappa shape index (κ3) is 3.89. The minimum atomic E-state index is -0.219. The van der Waals surface area contributed by atoms with Gasteiger partial charge in [0.05, 0.1) is 0 Å². The molecule has 0 aliphatic carbocycles. The fraction of sp³-hybridized carbons (Fsp3) is 0.214. The molecule has 0 radical (unpaired) electrons. The van der Waals surface area contributed by atoms with Gasteiger partial charge in [0.15, 0.2) is 0 Å². The smallest absolute Gasteiger partial charge is 0.123 e. The molecular weight excluding hydrogens is 295 g/mol. The Morgan fingerprint density at radius 1 is 1.17 bits per heavy atom. The lowest BCUT2D eigenvalue weighted by Crippen LogP contribution is -2.25. The third-order valence-electron chi connectivity index (χ3n) is 2.65. The Balaban J connectivity index is 1.98. The largest absolute Gasteiger partial charge is 0.327 e. The molecule has 0 fully saturated rings. The van der Waals surface area contributed by atoms with Gasteiger partial charge in [-0.1, -0.05) is 12.1 Å². The number of halogens is 2. The minimum Gasteiger partial charge on any atom is -0.327 e. The fourth-order valence-electron chi connectivity index (χ4n) is 1.91. The third-order valence-corrected chi connectivity index (χ3v) is 3.08. The van der Waals surface area contributed by atoms with Crippen LogP contribution in [0.2, 0.25) is 0 Å². The van der Waals surface area contributed by atoms with Gasteiger partial charge in [0.1, 0.15) is 5.82 Å². The predicted molar refractivity (Wildman–Crippen MR) is 73.7 cm³/mol. The van der Waals surface area contributed by atoms with E-state index in [2.05, 4.69) is 20.9 Å². The topological polar surface area (TPSA) is 38.9 Å². The molecule has 4 heteroatoms. The molecule has 0 saturated carbocycles. The van der Waals surface area contributed by atoms with Gasteiger partial charge in [-0.25, -0.2) is 4.39 Å². The summed E-state index contributed by atoms with van der Waals surface area (Å²) in [5.41, 5.74) is 8.07. The van der Waals surface area contributed by atoms with Gasteiger partial charge >= 0.3 is 0 Å². The highest BCUT2D eigenvalue weighted by atomic mass is 79.9. The average molecular weight is 309 g/mol. The van der Waals surface area contributed by atoms with Crippen LogP contribution in [0.15, 0.2) is 47.2 Å². The molecule has 94 valence electrons. The number of rotatable bonds is 4. The predicted octanol–water partition coefficient (Wildman–Crippen LogP) is 3.10. The Bertz CT molecular complexity index is 483. The van der Waals surface area contributed by atoms with Crippen LogP contribution in [0, 0.1) is 5.82 Å². The zero-order valence-electron chi connectivity index (χ0n) is 9.81. The molecule has 0 bridgehead atoms. The summed E-state index contributed by atoms with van der Waals surface area (Å²) in [6, 6.07) is 8.52. The first-order chi connectivity index (χ1) is 8.63. The quantitative estimate of drug-likeness (QED) is 0.942. The average Bonchev–Trinajstić information content (AvgIpc) is 2.28. The molecular formula is C14H14BrFN2. The summed E-state index contributed by atoms with van der Waals surface area (Å²) in [6.07, 6.45) is 4.92. The van der Waals surface area contributed by atoms with E-state index in [9.17, 15) is 4.39 Å². The molecule has 0 aliphatic heterocycles. The van der Waals surface area contributed by atoms with Gasteiger partial charge in [0.25, 0.3) is 0 Å². The van der Waals surface area contributed by atoms with Crippen molar-refractivity contribution < 1.29 is 4.39 Å². The Kier molecular flexibility index (Phi) is 4.44. The van der Waals surface area contributed by atoms with Gasteiger partial charge in [0.2, 0.25) is 0 Å². The molecule has 1 aromatic heterocycles. The van der Waals surface area contributed by atoms with Crippen LogP contribution in [0.1, 0.15) is 11.1 Å². The number of aromatic nitrogens is 1. The Hall–Kier alpha value is -1.26. The summed E-state index contributed by atoms with van der Waals surface area (Å²) in [6.45, 7) is 0. The lowest BCUT2D eigenvalue weighted by Gasteiger charge is -2.11. The van der Waals surface area contributed by atoms with E-state index in [4.69, 9.17) is 5.73 Å². The monoisotopic (exact) mass is 308 g/mol. The van der Waals surface area contributed by atoms with Crippen LogP contribution < -0.4 is 5.73 Å². The Labute approximate surface area is 114 Å². The molecule has 1 atom stereocenters. The highest BCUT2D eigenvalue weighted by molar-refractivity contribution is 9.10. The van der Waals surface area contributed by atoms with Crippen molar-refractivity contribution in [2.75, 3.05) is 0 Å². The van der Waals surface area contributed by atoms with Crippen molar-refractivity contribution in [1.29, 1.82) is 0 Å². The number of nitrogens with two attached hydrogens (primary N) is 1. The second-order valence-electron chi connectivity index (χ2n) is 4.31. The van der Waals surface area contributed by atoms with E-state index in [1.165, 1.54) is 12.1 Å². The molecule has 18 heavy (non-hydrogen) atoms. The molecule has 0 amide bonds. The standard InChI is InChI=1S/C14H14BrFN2/c15-12-4-11(8-18-9-12)7-14(17)6-10-2-1-3-13(16)5-10/h1-5,8-9,14H,6-7,17H2. The van der Waals surface area contributed by atoms with Gasteiger partial charge in [-0.3, -0.25) is 4.98 Å². The van der Waals surface area contributed by atoms with Gasteiger partial charge < -0.3 is 5.73 Å². The van der Waals surface area contributed by atoms with E-state index in [1.807, 2.05) is 12.1 Å². The fourth-order valence-corrected chi connectivity index (χ4v) is 2.32. The molecule has 2 N–H and O–H groups in total. The first kappa shape index (κ1) is 13.2. The van der Waals surface area contributed by atoms with Crippen LogP contribution in [-0.2, 0) is 12.8 Å². The van der Waals surface area contributed by atoms with Gasteiger partial charge in [-0.2, -0.15) is 0 Å². The van der Waals surface area contributed by atoms with Crippen LogP contribution in [0.5, 0.6) is 0 Å². The van der Waals surface area contributed by atoms with Crippen molar-refractivity contribution >= 4 is 15.9 Å². The van der Waals surface area contributed by atoms with E-state index < -0.39 is 0 Å². The van der Waals surface area contributed by atoms with E-state index in [-0.39, 0.29) is 11.9 Å². The van der Waals surface area contributed by atoms with Crippen molar-refractivity contribution in [2.24, 2.45) is 5.73 Å². The summed E-state index contributed by atoms with van der Waals surface area (Å²) in [5, 5.41) is 0. The maximum atomic E-state index is 13.0. The van der Waals surface area contributed by atoms with Crippen molar-refractivity contribution in [3.05, 3.63) is 64.1 Å². The summed E-state index contributed by atoms with van der Waals surface area (Å²) in [4.78, 5) is 4.10. The summed E-state index contributed by atoms with van der Waals surface area (Å²) < 4.78 is 14.0. The molecule has 0 aliphatic rings. The number of pyridine rings is 1. The SMILES string of the molecule is NC(Cc1cccc(F)c1)Cc1cncc(Br)c1. The molecule has 1 heterocycles. The minimum absolute atomic E-state index is 0.0390. The van der Waals surface area contributed by atoms with E-state index in [1.54, 1.807) is 18.5 Å². The normalized spacial score (nSPS) is 12.4. The van der Waals surface area contributed by atoms with Crippen molar-refractivity contribution in [1.82, 2.24) is 4.98 Å². The van der Waals surface area contributed by atoms with E-state index >= 15 is 0 Å². The van der Waals surface area contributed by atoms with Crippen molar-refractivity contribution in [3.8, 4) is 0 Å². The molecule has 0 saturated heterocycles. The number of hydrogen-bond donors (Lipinski definition) is 1. The zero-order chi connectivity index (χ0) is 13.0. The van der Waals surface area contributed by atoms with Crippen molar-refractivity contribution in [2.45, 2.75) is 18.9 Å². The Morgan fingerprint density at radius 3 is 2.67 bits per heavy atom. The van der Waals surface area contributed by atoms with Crippen LogP contribution >= 0.6 is 15.9 Å². The van der Waals surface area contributed by atoms with Crippen LogP contribution in [-0.4, -0.2) is 11.0 Å². The number of benzene rings is 1. The summed E-state index contributed by atoms with van der Waals surface area (Å²) in [5.74, 6) is -0.219. The first-order valence-electron chi connectivity index (χ1n) is 5.73. The van der Waals surface area contributed by atoms with Gasteiger partial charge in [0, 0.05) is 22.9 Å². The first-order valence-corrected chi connectivity index (χ1v) is 6.52.